The number of hydrogen-bond acceptors (Lipinski definition) is 5. The van der Waals surface area contributed by atoms with Gasteiger partial charge in [-0.15, -0.1) is 0 Å². The molecule has 1 rings (SSSR count). The van der Waals surface area contributed by atoms with E-state index < -0.39 is 6.16 Å². The van der Waals surface area contributed by atoms with Crippen molar-refractivity contribution in [2.45, 2.75) is 0 Å². The maximum absolute atomic E-state index is 9.76. The molecule has 0 aliphatic carbocycles. The zero-order valence-corrected chi connectivity index (χ0v) is 5.52. The van der Waals surface area contributed by atoms with Crippen LogP contribution in [0.4, 0.5) is 4.79 Å². The molecule has 0 aromatic heterocycles. The molecule has 1 saturated heterocycles. The van der Waals surface area contributed by atoms with Crippen LogP contribution in [0.2, 0.25) is 0 Å². The van der Waals surface area contributed by atoms with Crippen molar-refractivity contribution in [1.29, 1.82) is 0 Å². The minimum absolute atomic E-state index is 0.620. The van der Waals surface area contributed by atoms with Gasteiger partial charge in [-0.2, -0.15) is 0 Å². The molecule has 0 N–H and O–H groups in total. The van der Waals surface area contributed by atoms with Crippen LogP contribution in [0.5, 0.6) is 0 Å². The summed E-state index contributed by atoms with van der Waals surface area (Å²) in [5, 5.41) is 0. The summed E-state index contributed by atoms with van der Waals surface area (Å²) in [6.45, 7) is 0. The Kier molecular flexibility index (Phi) is 4.98. The highest BCUT2D eigenvalue weighted by Gasteiger charge is 2.14. The van der Waals surface area contributed by atoms with Gasteiger partial charge in [-0.05, 0) is 0 Å². The van der Waals surface area contributed by atoms with Gasteiger partial charge in [0.25, 0.3) is 0 Å². The van der Waals surface area contributed by atoms with Crippen molar-refractivity contribution < 1.29 is 13.2 Å². The summed E-state index contributed by atoms with van der Waals surface area (Å²) >= 11 is 1.85. The monoisotopic (exact) mass is 166 g/mol. The van der Waals surface area contributed by atoms with E-state index in [0.717, 1.165) is 22.1 Å². The molecule has 9 heavy (non-hydrogen) atoms. The summed E-state index contributed by atoms with van der Waals surface area (Å²) in [5.74, 6) is 0. The first kappa shape index (κ1) is 8.28. The molecule has 1 aliphatic rings. The molecule has 8 heteroatoms. The summed E-state index contributed by atoms with van der Waals surface area (Å²) in [6.07, 6.45) is -0.620. The SMILES string of the molecule is O=C1OSSO1.[N-]=[N+]=[N-]. The van der Waals surface area contributed by atoms with E-state index in [1.54, 1.807) is 0 Å². The van der Waals surface area contributed by atoms with Crippen LogP contribution >= 0.6 is 22.1 Å². The van der Waals surface area contributed by atoms with Crippen LogP contribution in [-0.2, 0) is 8.37 Å². The molecular formula is CN3O3S2-. The van der Waals surface area contributed by atoms with Gasteiger partial charge >= 0.3 is 6.16 Å². The minimum atomic E-state index is -0.620. The lowest BCUT2D eigenvalue weighted by Gasteiger charge is -1.72. The highest BCUT2D eigenvalue weighted by atomic mass is 33.1. The van der Waals surface area contributed by atoms with Crippen molar-refractivity contribution in [3.8, 4) is 0 Å². The van der Waals surface area contributed by atoms with E-state index in [-0.39, 0.29) is 0 Å². The third-order valence-electron chi connectivity index (χ3n) is 0.232. The molecule has 0 atom stereocenters. The lowest BCUT2D eigenvalue weighted by Crippen LogP contribution is -1.84. The summed E-state index contributed by atoms with van der Waals surface area (Å²) in [5.41, 5.74) is 13.5. The van der Waals surface area contributed by atoms with E-state index in [9.17, 15) is 4.79 Å². The Hall–Kier alpha value is -0.720. The second-order valence-corrected chi connectivity index (χ2v) is 2.06. The standard InChI is InChI=1S/CO3S2.N3/c2-1-3-5-6-4-1;1-3-2/q;-1. The molecule has 0 aromatic rings. The molecule has 1 heterocycles. The van der Waals surface area contributed by atoms with Crippen molar-refractivity contribution in [2.24, 2.45) is 0 Å². The Bertz CT molecular complexity index is 123. The van der Waals surface area contributed by atoms with Crippen molar-refractivity contribution in [3.63, 3.8) is 0 Å². The molecule has 0 radical (unpaired) electrons. The second kappa shape index (κ2) is 5.42. The third-order valence-corrected chi connectivity index (χ3v) is 1.27. The molecule has 0 saturated carbocycles. The van der Waals surface area contributed by atoms with E-state index in [0.29, 0.717) is 0 Å². The van der Waals surface area contributed by atoms with Gasteiger partial charge in [0.1, 0.15) is 0 Å². The van der Waals surface area contributed by atoms with Gasteiger partial charge in [-0.1, -0.05) is 0 Å². The fourth-order valence-corrected chi connectivity index (χ4v) is 0.875. The lowest BCUT2D eigenvalue weighted by molar-refractivity contribution is 0.174. The number of hydrogen-bond donors (Lipinski definition) is 0. The number of carbonyl (C=O) groups is 1. The topological polar surface area (TPSA) is 94.2 Å². The molecule has 0 amide bonds. The van der Waals surface area contributed by atoms with Gasteiger partial charge < -0.3 is 19.4 Å². The molecule has 50 valence electrons. The van der Waals surface area contributed by atoms with Crippen molar-refractivity contribution in [2.75, 3.05) is 0 Å². The van der Waals surface area contributed by atoms with Crippen LogP contribution in [0.3, 0.4) is 0 Å². The Balaban J connectivity index is 0.000000187. The van der Waals surface area contributed by atoms with E-state index in [2.05, 4.69) is 8.37 Å². The van der Waals surface area contributed by atoms with Gasteiger partial charge in [-0.3, -0.25) is 4.91 Å². The average Bonchev–Trinajstić information content (AvgIpc) is 2.20. The van der Waals surface area contributed by atoms with Crippen LogP contribution in [0.1, 0.15) is 0 Å². The molecule has 0 aromatic carbocycles. The van der Waals surface area contributed by atoms with Crippen LogP contribution < -0.4 is 0 Å². The zero-order valence-electron chi connectivity index (χ0n) is 3.88. The number of carbonyl (C=O) groups excluding carboxylic acids is 1. The lowest BCUT2D eigenvalue weighted by atomic mass is 11.5. The van der Waals surface area contributed by atoms with Crippen molar-refractivity contribution in [1.82, 2.24) is 0 Å². The zero-order chi connectivity index (χ0) is 7.11. The quantitative estimate of drug-likeness (QED) is 0.181. The van der Waals surface area contributed by atoms with Crippen molar-refractivity contribution >= 4 is 28.3 Å². The summed E-state index contributed by atoms with van der Waals surface area (Å²) in [6, 6.07) is 0. The Morgan fingerprint density at radius 2 is 1.67 bits per heavy atom. The van der Waals surface area contributed by atoms with Crippen LogP contribution in [0, 0.1) is 0 Å². The molecule has 6 nitrogen and oxygen atoms in total. The molecule has 0 spiro atoms. The van der Waals surface area contributed by atoms with Gasteiger partial charge in [0.05, 0.1) is 0 Å². The van der Waals surface area contributed by atoms with Crippen LogP contribution in [-0.4, -0.2) is 6.16 Å². The highest BCUT2D eigenvalue weighted by molar-refractivity contribution is 8.73. The third kappa shape index (κ3) is 5.15. The van der Waals surface area contributed by atoms with Gasteiger partial charge in [0.15, 0.2) is 22.1 Å². The van der Waals surface area contributed by atoms with Gasteiger partial charge in [-0.25, -0.2) is 4.79 Å². The first-order valence-electron chi connectivity index (χ1n) is 1.51. The Morgan fingerprint density at radius 1 is 1.33 bits per heavy atom. The number of nitrogens with zero attached hydrogens (tertiary/aromatic N) is 3. The van der Waals surface area contributed by atoms with E-state index in [1.807, 2.05) is 0 Å². The molecule has 0 bridgehead atoms. The molecule has 1 aliphatic heterocycles. The highest BCUT2D eigenvalue weighted by Crippen LogP contribution is 2.31. The fraction of sp³-hybridized carbons (Fsp3) is 0. The summed E-state index contributed by atoms with van der Waals surface area (Å²) in [7, 11) is 0. The summed E-state index contributed by atoms with van der Waals surface area (Å²) < 4.78 is 8.34. The van der Waals surface area contributed by atoms with E-state index in [1.165, 1.54) is 4.91 Å². The van der Waals surface area contributed by atoms with Gasteiger partial charge in [0.2, 0.25) is 0 Å². The first-order chi connectivity index (χ1) is 4.31. The van der Waals surface area contributed by atoms with E-state index >= 15 is 0 Å². The normalized spacial score (nSPS) is 14.0. The average molecular weight is 166 g/mol. The largest absolute Gasteiger partial charge is 0.535 e. The second-order valence-electron chi connectivity index (χ2n) is 0.642. The number of rotatable bonds is 0. The first-order valence-corrected chi connectivity index (χ1v) is 3.51. The Labute approximate surface area is 58.1 Å². The maximum atomic E-state index is 9.76. The molecule has 0 unspecified atom stereocenters. The van der Waals surface area contributed by atoms with Gasteiger partial charge in [0, 0.05) is 0 Å². The van der Waals surface area contributed by atoms with E-state index in [4.69, 9.17) is 11.1 Å². The van der Waals surface area contributed by atoms with Crippen LogP contribution in [0.15, 0.2) is 0 Å². The predicted molar refractivity (Wildman–Crippen MR) is 32.8 cm³/mol. The maximum Gasteiger partial charge on any atom is 0.535 e. The molecule has 1 fully saturated rings. The smallest absolute Gasteiger partial charge is 0.373 e. The minimum Gasteiger partial charge on any atom is -0.373 e. The predicted octanol–water partition coefficient (Wildman–Crippen LogP) is 2.23. The fourth-order valence-electron chi connectivity index (χ4n) is 0.0972. The van der Waals surface area contributed by atoms with Crippen molar-refractivity contribution in [3.05, 3.63) is 16.0 Å². The Morgan fingerprint density at radius 3 is 1.78 bits per heavy atom. The van der Waals surface area contributed by atoms with Crippen LogP contribution in [0.25, 0.3) is 16.0 Å². The molecular weight excluding hydrogens is 166 g/mol. The summed E-state index contributed by atoms with van der Waals surface area (Å²) in [4.78, 5) is 11.3.